The minimum Gasteiger partial charge on any atom is -0.497 e. The van der Waals surface area contributed by atoms with Crippen molar-refractivity contribution in [1.29, 1.82) is 0 Å². The molecule has 6 atom stereocenters. The minimum absolute atomic E-state index is 0.223. The number of amides is 4. The van der Waals surface area contributed by atoms with Crippen LogP contribution in [0.3, 0.4) is 0 Å². The van der Waals surface area contributed by atoms with Crippen LogP contribution in [-0.4, -0.2) is 129 Å². The summed E-state index contributed by atoms with van der Waals surface area (Å²) in [6.07, 6.45) is 2.11. The number of rotatable bonds is 13. The summed E-state index contributed by atoms with van der Waals surface area (Å²) in [6, 6.07) is 31.6. The number of aryl methyl sites for hydroxylation is 2. The number of aliphatic hydroxyl groups is 2. The molecule has 0 aromatic heterocycles. The fraction of sp³-hybridized carbons (Fsp3) is 0.391. The minimum atomic E-state index is -1.44. The highest BCUT2D eigenvalue weighted by Crippen LogP contribution is 2.62. The average Bonchev–Trinajstić information content (AvgIpc) is 3.57. The molecular formula is C46H50N4O8S4. The monoisotopic (exact) mass is 914 g/mol. The maximum Gasteiger partial charge on any atom is 0.262 e. The zero-order valence-corrected chi connectivity index (χ0v) is 38.7. The number of piperazine rings is 2. The summed E-state index contributed by atoms with van der Waals surface area (Å²) in [6.45, 7) is -1.01. The third kappa shape index (κ3) is 7.14. The number of hydrogen-bond donors (Lipinski definition) is 2. The van der Waals surface area contributed by atoms with E-state index in [-0.39, 0.29) is 32.8 Å². The van der Waals surface area contributed by atoms with Crippen molar-refractivity contribution >= 4 is 70.7 Å². The summed E-state index contributed by atoms with van der Waals surface area (Å²) in [5.41, 5.74) is 5.90. The van der Waals surface area contributed by atoms with Gasteiger partial charge >= 0.3 is 0 Å². The quantitative estimate of drug-likeness (QED) is 0.174. The van der Waals surface area contributed by atoms with Crippen LogP contribution in [0.1, 0.15) is 42.5 Å². The van der Waals surface area contributed by atoms with Crippen LogP contribution in [0.4, 0.5) is 0 Å². The van der Waals surface area contributed by atoms with Gasteiger partial charge in [0.25, 0.3) is 23.6 Å². The van der Waals surface area contributed by atoms with Crippen LogP contribution in [0.2, 0.25) is 0 Å². The lowest BCUT2D eigenvalue weighted by molar-refractivity contribution is -0.164. The third-order valence-corrected chi connectivity index (χ3v) is 19.8. The molecule has 6 heterocycles. The summed E-state index contributed by atoms with van der Waals surface area (Å²) in [5, 5.41) is 21.3. The van der Waals surface area contributed by atoms with Gasteiger partial charge in [0.15, 0.2) is 19.5 Å². The van der Waals surface area contributed by atoms with Crippen molar-refractivity contribution < 1.29 is 38.9 Å². The first kappa shape index (κ1) is 44.3. The fourth-order valence-electron chi connectivity index (χ4n) is 8.73. The van der Waals surface area contributed by atoms with Crippen molar-refractivity contribution in [2.45, 2.75) is 54.3 Å². The van der Waals surface area contributed by atoms with E-state index >= 15 is 0 Å². The number of methoxy groups -OCH3 is 2. The first-order valence-electron chi connectivity index (χ1n) is 20.2. The lowest BCUT2D eigenvalue weighted by Gasteiger charge is -2.50. The number of carbonyl (C=O) groups excluding carboxylic acids is 4. The zero-order valence-electron chi connectivity index (χ0n) is 35.4. The van der Waals surface area contributed by atoms with Crippen molar-refractivity contribution in [1.82, 2.24) is 19.6 Å². The summed E-state index contributed by atoms with van der Waals surface area (Å²) in [5.74, 6) is 0.360. The number of nitrogens with zero attached hydrogens (tertiary/aromatic N) is 4. The predicted octanol–water partition coefficient (Wildman–Crippen LogP) is 5.56. The molecule has 2 N–H and O–H groups in total. The first-order valence-corrected chi connectivity index (χ1v) is 23.7. The van der Waals surface area contributed by atoms with Gasteiger partial charge in [-0.15, -0.1) is 47.0 Å². The molecule has 6 fully saturated rings. The highest BCUT2D eigenvalue weighted by molar-refractivity contribution is 8.19. The van der Waals surface area contributed by atoms with E-state index in [1.807, 2.05) is 72.8 Å². The van der Waals surface area contributed by atoms with E-state index in [0.717, 1.165) is 46.2 Å². The van der Waals surface area contributed by atoms with E-state index in [0.29, 0.717) is 24.3 Å². The van der Waals surface area contributed by atoms with Gasteiger partial charge in [-0.25, -0.2) is 0 Å². The Morgan fingerprint density at radius 1 is 0.452 bits per heavy atom. The van der Waals surface area contributed by atoms with Crippen LogP contribution in [0, 0.1) is 0 Å². The smallest absolute Gasteiger partial charge is 0.262 e. The highest BCUT2D eigenvalue weighted by Gasteiger charge is 2.67. The van der Waals surface area contributed by atoms with Gasteiger partial charge in [-0.2, -0.15) is 0 Å². The molecule has 4 bridgehead atoms. The van der Waals surface area contributed by atoms with E-state index in [2.05, 4.69) is 24.3 Å². The highest BCUT2D eigenvalue weighted by atomic mass is 32.2. The molecule has 0 spiro atoms. The maximum atomic E-state index is 14.3. The van der Waals surface area contributed by atoms with Crippen molar-refractivity contribution in [3.05, 3.63) is 130 Å². The largest absolute Gasteiger partial charge is 0.497 e. The van der Waals surface area contributed by atoms with Crippen molar-refractivity contribution in [2.24, 2.45) is 0 Å². The Kier molecular flexibility index (Phi) is 12.1. The Morgan fingerprint density at radius 3 is 1.03 bits per heavy atom. The Balaban J connectivity index is 0.974. The molecule has 16 heteroatoms. The van der Waals surface area contributed by atoms with Crippen LogP contribution >= 0.6 is 47.0 Å². The van der Waals surface area contributed by atoms with Gasteiger partial charge in [0.05, 0.1) is 36.6 Å². The number of likely N-dealkylation sites (N-methyl/N-ethyl adjacent to an activating group) is 4. The lowest BCUT2D eigenvalue weighted by atomic mass is 9.95. The van der Waals surface area contributed by atoms with Gasteiger partial charge in [-0.05, 0) is 70.5 Å². The molecule has 6 saturated heterocycles. The summed E-state index contributed by atoms with van der Waals surface area (Å²) >= 11 is 5.48. The van der Waals surface area contributed by atoms with Crippen LogP contribution < -0.4 is 9.47 Å². The van der Waals surface area contributed by atoms with Crippen molar-refractivity contribution in [2.75, 3.05) is 55.6 Å². The molecule has 0 saturated carbocycles. The van der Waals surface area contributed by atoms with Crippen molar-refractivity contribution in [3.8, 4) is 11.5 Å². The van der Waals surface area contributed by atoms with Crippen LogP contribution in [-0.2, 0) is 44.9 Å². The van der Waals surface area contributed by atoms with Crippen LogP contribution in [0.5, 0.6) is 11.5 Å². The van der Waals surface area contributed by atoms with Crippen LogP contribution in [0.25, 0.3) is 0 Å². The van der Waals surface area contributed by atoms with Crippen LogP contribution in [0.15, 0.2) is 97.1 Å². The second-order valence-electron chi connectivity index (χ2n) is 16.1. The molecule has 2 unspecified atom stereocenters. The second-order valence-corrected chi connectivity index (χ2v) is 22.2. The van der Waals surface area contributed by atoms with Gasteiger partial charge in [0.2, 0.25) is 0 Å². The summed E-state index contributed by atoms with van der Waals surface area (Å²) in [7, 11) is 9.77. The van der Waals surface area contributed by atoms with E-state index in [1.54, 1.807) is 42.4 Å². The number of carbonyl (C=O) groups is 4. The molecule has 4 amide bonds. The molecule has 0 aliphatic carbocycles. The molecule has 12 nitrogen and oxygen atoms in total. The molecule has 62 heavy (non-hydrogen) atoms. The number of fused-ring (bicyclic) bond motifs is 8. The van der Waals surface area contributed by atoms with E-state index < -0.39 is 32.7 Å². The fourth-order valence-corrected chi connectivity index (χ4v) is 16.2. The molecule has 4 aromatic carbocycles. The topological polar surface area (TPSA) is 140 Å². The summed E-state index contributed by atoms with van der Waals surface area (Å²) < 4.78 is 10.1. The van der Waals surface area contributed by atoms with E-state index in [1.165, 1.54) is 66.6 Å². The number of aliphatic hydroxyl groups excluding tert-OH is 2. The van der Waals surface area contributed by atoms with Gasteiger partial charge in [-0.3, -0.25) is 19.2 Å². The summed E-state index contributed by atoms with van der Waals surface area (Å²) in [4.78, 5) is 57.4. The molecule has 0 radical (unpaired) electrons. The Labute approximate surface area is 379 Å². The van der Waals surface area contributed by atoms with Crippen molar-refractivity contribution in [3.63, 3.8) is 0 Å². The normalized spacial score (nSPS) is 28.4. The lowest BCUT2D eigenvalue weighted by Crippen LogP contribution is -2.73. The zero-order chi connectivity index (χ0) is 44.2. The van der Waals surface area contributed by atoms with Gasteiger partial charge in [0.1, 0.15) is 11.5 Å². The second kappa shape index (κ2) is 17.0. The predicted molar refractivity (Wildman–Crippen MR) is 246 cm³/mol. The molecule has 6 aliphatic rings. The molecular weight excluding hydrogens is 865 g/mol. The maximum absolute atomic E-state index is 14.3. The van der Waals surface area contributed by atoms with E-state index in [4.69, 9.17) is 9.47 Å². The Bertz CT molecular complexity index is 2190. The van der Waals surface area contributed by atoms with E-state index in [9.17, 15) is 29.4 Å². The molecule has 326 valence electrons. The number of thioether (sulfide) groups is 4. The number of benzene rings is 4. The number of hydrogen-bond acceptors (Lipinski definition) is 12. The number of ether oxygens (including phenoxy) is 2. The van der Waals surface area contributed by atoms with Gasteiger partial charge in [0, 0.05) is 41.0 Å². The molecule has 10 rings (SSSR count). The SMILES string of the molecule is COc1ccc(C2S[C@@]3(CO)C(=O)N(C)[C@@](Cc4ccc(CCc5ccc(C[C@@]67SC(c8ccc(OC)cc8)S[C@@](CO)(C(=O)N6C)N(C)C7=O)cc5)cc4)(S2)C(=O)N3C)cc1. The van der Waals surface area contributed by atoms with Gasteiger partial charge in [-0.1, -0.05) is 72.8 Å². The standard InChI is InChI=1S/C46H50N4O8S4/c1-47-41(55)45(27-51)49(3)39(53)43(47,59-37(61-45)33-17-21-35(57-5)22-18-33)25-31-13-9-29(10-14-31)7-8-30-11-15-32(16-12-30)26-44-40(54)50(4)46(28-52,42(56)48(44)2)62-38(60-44)34-19-23-36(58-6)24-20-34/h9-24,37-38,51-52H,7-8,25-28H2,1-6H3/t37?,38?,43-,44-,45-,46-/m0/s1. The molecule has 6 aliphatic heterocycles. The third-order valence-electron chi connectivity index (χ3n) is 12.8. The Hall–Kier alpha value is -4.32. The van der Waals surface area contributed by atoms with Gasteiger partial charge < -0.3 is 39.3 Å². The first-order chi connectivity index (χ1) is 29.7. The average molecular weight is 915 g/mol. The Morgan fingerprint density at radius 2 is 0.726 bits per heavy atom. The molecule has 4 aromatic rings.